The highest BCUT2D eigenvalue weighted by molar-refractivity contribution is 7.12. The predicted molar refractivity (Wildman–Crippen MR) is 79.5 cm³/mol. The van der Waals surface area contributed by atoms with Crippen LogP contribution in [-0.2, 0) is 20.8 Å². The number of nitrogens with one attached hydrogen (secondary N) is 2. The topological polar surface area (TPSA) is 93.1 Å². The van der Waals surface area contributed by atoms with Gasteiger partial charge < -0.3 is 5.32 Å². The summed E-state index contributed by atoms with van der Waals surface area (Å²) in [5.74, 6) is -0.988. The van der Waals surface area contributed by atoms with Crippen LogP contribution in [0.3, 0.4) is 0 Å². The number of hydrogen-bond acceptors (Lipinski definition) is 5. The molecular formula is C14H14N4O3S. The fourth-order valence-electron chi connectivity index (χ4n) is 2.30. The Hall–Kier alpha value is -2.48. The summed E-state index contributed by atoms with van der Waals surface area (Å²) in [6, 6.07) is 3.04. The highest BCUT2D eigenvalue weighted by atomic mass is 32.1. The van der Waals surface area contributed by atoms with Gasteiger partial charge in [0.05, 0.1) is 6.42 Å². The molecule has 3 rings (SSSR count). The van der Waals surface area contributed by atoms with Crippen molar-refractivity contribution in [3.8, 4) is 5.00 Å². The Bertz CT molecular complexity index is 708. The van der Waals surface area contributed by atoms with Crippen molar-refractivity contribution in [1.29, 1.82) is 0 Å². The van der Waals surface area contributed by atoms with Crippen LogP contribution in [0.2, 0.25) is 0 Å². The molecule has 7 nitrogen and oxygen atoms in total. The van der Waals surface area contributed by atoms with Gasteiger partial charge in [-0.25, -0.2) is 4.68 Å². The fraction of sp³-hybridized carbons (Fsp3) is 0.286. The number of aromatic nitrogens is 2. The first-order valence-electron chi connectivity index (χ1n) is 6.83. The second-order valence-electron chi connectivity index (χ2n) is 4.95. The number of carbonyl (C=O) groups excluding carboxylic acids is 3. The van der Waals surface area contributed by atoms with E-state index in [2.05, 4.69) is 15.7 Å². The molecule has 1 aliphatic heterocycles. The molecule has 0 aromatic carbocycles. The molecule has 1 aliphatic rings. The quantitative estimate of drug-likeness (QED) is 0.798. The van der Waals surface area contributed by atoms with Gasteiger partial charge >= 0.3 is 0 Å². The van der Waals surface area contributed by atoms with Crippen molar-refractivity contribution in [2.75, 3.05) is 0 Å². The smallest absolute Gasteiger partial charge is 0.249 e. The number of nitrogens with zero attached hydrogens (tertiary/aromatic N) is 2. The number of hydrogen-bond donors (Lipinski definition) is 2. The number of piperidine rings is 1. The van der Waals surface area contributed by atoms with E-state index < -0.39 is 11.9 Å². The van der Waals surface area contributed by atoms with Gasteiger partial charge in [0.2, 0.25) is 17.7 Å². The number of carbonyl (C=O) groups is 3. The Morgan fingerprint density at radius 1 is 1.50 bits per heavy atom. The van der Waals surface area contributed by atoms with E-state index in [4.69, 9.17) is 0 Å². The van der Waals surface area contributed by atoms with E-state index in [1.54, 1.807) is 10.9 Å². The van der Waals surface area contributed by atoms with Crippen LogP contribution in [0.5, 0.6) is 0 Å². The van der Waals surface area contributed by atoms with Crippen LogP contribution in [0.15, 0.2) is 29.9 Å². The lowest BCUT2D eigenvalue weighted by molar-refractivity contribution is -0.137. The normalized spacial score (nSPS) is 18.1. The molecule has 1 saturated heterocycles. The molecule has 0 aliphatic carbocycles. The van der Waals surface area contributed by atoms with Crippen LogP contribution >= 0.6 is 11.3 Å². The van der Waals surface area contributed by atoms with Gasteiger partial charge in [-0.15, -0.1) is 11.3 Å². The van der Waals surface area contributed by atoms with Gasteiger partial charge in [-0.05, 0) is 29.5 Å². The lowest BCUT2D eigenvalue weighted by Gasteiger charge is -2.21. The molecule has 1 fully saturated rings. The van der Waals surface area contributed by atoms with Crippen LogP contribution in [0.1, 0.15) is 18.4 Å². The molecular weight excluding hydrogens is 304 g/mol. The molecule has 0 radical (unpaired) electrons. The molecule has 0 saturated carbocycles. The van der Waals surface area contributed by atoms with Crippen molar-refractivity contribution in [1.82, 2.24) is 20.4 Å². The van der Waals surface area contributed by atoms with Crippen molar-refractivity contribution in [3.05, 3.63) is 35.5 Å². The molecule has 2 N–H and O–H groups in total. The standard InChI is InChI=1S/C14H14N4O3S/c19-11-3-2-10(13(21)17-11)16-12(20)8-9-4-7-22-14(9)18-6-1-5-15-18/h1,4-7,10H,2-3,8H2,(H,16,20)(H,17,19,21). The summed E-state index contributed by atoms with van der Waals surface area (Å²) >= 11 is 1.49. The van der Waals surface area contributed by atoms with Crippen LogP contribution < -0.4 is 10.6 Å². The molecule has 3 heterocycles. The third-order valence-electron chi connectivity index (χ3n) is 3.36. The summed E-state index contributed by atoms with van der Waals surface area (Å²) < 4.78 is 1.71. The van der Waals surface area contributed by atoms with Gasteiger partial charge in [0.15, 0.2) is 0 Å². The first kappa shape index (κ1) is 14.5. The number of amides is 3. The highest BCUT2D eigenvalue weighted by Crippen LogP contribution is 2.21. The maximum Gasteiger partial charge on any atom is 0.249 e. The van der Waals surface area contributed by atoms with E-state index in [9.17, 15) is 14.4 Å². The summed E-state index contributed by atoms with van der Waals surface area (Å²) in [5.41, 5.74) is 0.846. The zero-order chi connectivity index (χ0) is 15.5. The summed E-state index contributed by atoms with van der Waals surface area (Å²) in [4.78, 5) is 34.8. The maximum atomic E-state index is 12.1. The Kier molecular flexibility index (Phi) is 4.01. The lowest BCUT2D eigenvalue weighted by Crippen LogP contribution is -2.52. The lowest BCUT2D eigenvalue weighted by atomic mass is 10.1. The second kappa shape index (κ2) is 6.10. The van der Waals surface area contributed by atoms with E-state index >= 15 is 0 Å². The van der Waals surface area contributed by atoms with Crippen LogP contribution in [0, 0.1) is 0 Å². The minimum absolute atomic E-state index is 0.163. The Morgan fingerprint density at radius 2 is 2.36 bits per heavy atom. The number of rotatable bonds is 4. The molecule has 3 amide bonds. The zero-order valence-corrected chi connectivity index (χ0v) is 12.4. The van der Waals surface area contributed by atoms with Crippen molar-refractivity contribution < 1.29 is 14.4 Å². The van der Waals surface area contributed by atoms with Gasteiger partial charge in [-0.2, -0.15) is 5.10 Å². The molecule has 0 bridgehead atoms. The first-order valence-corrected chi connectivity index (χ1v) is 7.71. The number of thiophene rings is 1. The van der Waals surface area contributed by atoms with Crippen molar-refractivity contribution in [3.63, 3.8) is 0 Å². The minimum Gasteiger partial charge on any atom is -0.344 e. The maximum absolute atomic E-state index is 12.1. The van der Waals surface area contributed by atoms with Crippen LogP contribution in [-0.4, -0.2) is 33.5 Å². The minimum atomic E-state index is -0.642. The third kappa shape index (κ3) is 3.06. The monoisotopic (exact) mass is 318 g/mol. The summed E-state index contributed by atoms with van der Waals surface area (Å²) in [5, 5.41) is 11.8. The van der Waals surface area contributed by atoms with Crippen LogP contribution in [0.25, 0.3) is 5.00 Å². The average Bonchev–Trinajstić information content (AvgIpc) is 3.12. The highest BCUT2D eigenvalue weighted by Gasteiger charge is 2.27. The van der Waals surface area contributed by atoms with Crippen LogP contribution in [0.4, 0.5) is 0 Å². The molecule has 8 heteroatoms. The predicted octanol–water partition coefficient (Wildman–Crippen LogP) is 0.398. The van der Waals surface area contributed by atoms with Gasteiger partial charge in [-0.1, -0.05) is 0 Å². The van der Waals surface area contributed by atoms with Gasteiger partial charge in [-0.3, -0.25) is 19.7 Å². The van der Waals surface area contributed by atoms with E-state index in [1.165, 1.54) is 11.3 Å². The van der Waals surface area contributed by atoms with Crippen molar-refractivity contribution in [2.24, 2.45) is 0 Å². The van der Waals surface area contributed by atoms with E-state index in [0.29, 0.717) is 6.42 Å². The Morgan fingerprint density at radius 3 is 3.09 bits per heavy atom. The average molecular weight is 318 g/mol. The molecule has 1 atom stereocenters. The van der Waals surface area contributed by atoms with Gasteiger partial charge in [0.25, 0.3) is 0 Å². The van der Waals surface area contributed by atoms with Crippen molar-refractivity contribution >= 4 is 29.1 Å². The second-order valence-corrected chi connectivity index (χ2v) is 5.84. The SMILES string of the molecule is O=C1CCC(NC(=O)Cc2ccsc2-n2cccn2)C(=O)N1. The third-order valence-corrected chi connectivity index (χ3v) is 4.31. The molecule has 114 valence electrons. The molecule has 22 heavy (non-hydrogen) atoms. The zero-order valence-electron chi connectivity index (χ0n) is 11.6. The first-order chi connectivity index (χ1) is 10.6. The fourth-order valence-corrected chi connectivity index (χ4v) is 3.17. The Labute approximate surface area is 130 Å². The van der Waals surface area contributed by atoms with E-state index in [-0.39, 0.29) is 24.7 Å². The molecule has 2 aromatic heterocycles. The number of imide groups is 1. The summed E-state index contributed by atoms with van der Waals surface area (Å²) in [6.07, 6.45) is 4.23. The van der Waals surface area contributed by atoms with Crippen molar-refractivity contribution in [2.45, 2.75) is 25.3 Å². The van der Waals surface area contributed by atoms with E-state index in [1.807, 2.05) is 23.7 Å². The van der Waals surface area contributed by atoms with Gasteiger partial charge in [0.1, 0.15) is 11.0 Å². The summed E-state index contributed by atoms with van der Waals surface area (Å²) in [6.45, 7) is 0. The molecule has 1 unspecified atom stereocenters. The summed E-state index contributed by atoms with van der Waals surface area (Å²) in [7, 11) is 0. The van der Waals surface area contributed by atoms with Gasteiger partial charge in [0, 0.05) is 18.8 Å². The molecule has 2 aromatic rings. The Balaban J connectivity index is 1.64. The largest absolute Gasteiger partial charge is 0.344 e. The molecule has 0 spiro atoms. The van der Waals surface area contributed by atoms with E-state index in [0.717, 1.165) is 10.6 Å².